The lowest BCUT2D eigenvalue weighted by molar-refractivity contribution is -0.344. The van der Waals surface area contributed by atoms with E-state index >= 15 is 0 Å². The number of hydrogen-bond donors (Lipinski definition) is 0. The molecule has 2 atom stereocenters. The summed E-state index contributed by atoms with van der Waals surface area (Å²) in [4.78, 5) is 11.1. The standard InChI is InChI=1S/C16H30O3Si/c1-9-15(10-2)12-16(11-3,19-18-15)13-17-20(7,8)14(4,5)6/h1H,10-13H2,2-8H3/t15-,16+/m1/s1. The van der Waals surface area contributed by atoms with Crippen molar-refractivity contribution >= 4 is 8.32 Å². The maximum absolute atomic E-state index is 6.32. The Bertz CT molecular complexity index is 380. The van der Waals surface area contributed by atoms with Gasteiger partial charge in [0.05, 0.1) is 6.61 Å². The number of rotatable bonds is 5. The lowest BCUT2D eigenvalue weighted by Crippen LogP contribution is -2.46. The molecule has 0 spiro atoms. The molecular weight excluding hydrogens is 268 g/mol. The maximum atomic E-state index is 6.32. The van der Waals surface area contributed by atoms with Crippen molar-refractivity contribution in [3.05, 3.63) is 0 Å². The summed E-state index contributed by atoms with van der Waals surface area (Å²) >= 11 is 0. The molecule has 0 saturated carbocycles. The van der Waals surface area contributed by atoms with Crippen LogP contribution in [-0.2, 0) is 14.2 Å². The average Bonchev–Trinajstić information content (AvgIpc) is 2.76. The summed E-state index contributed by atoms with van der Waals surface area (Å²) in [7, 11) is -1.79. The first-order valence-corrected chi connectivity index (χ1v) is 10.4. The van der Waals surface area contributed by atoms with Crippen molar-refractivity contribution in [3.8, 4) is 12.3 Å². The molecule has 1 aliphatic rings. The van der Waals surface area contributed by atoms with Crippen LogP contribution in [0.5, 0.6) is 0 Å². The summed E-state index contributed by atoms with van der Waals surface area (Å²) in [6, 6.07) is 0. The SMILES string of the molecule is C#C[C@@]1(CC)C[C@@](CC)(CO[Si](C)(C)C(C)(C)C)OO1. The van der Waals surface area contributed by atoms with Crippen molar-refractivity contribution in [2.75, 3.05) is 6.61 Å². The molecular formula is C16H30O3Si. The molecule has 0 unspecified atom stereocenters. The van der Waals surface area contributed by atoms with E-state index in [1.54, 1.807) is 0 Å². The lowest BCUT2D eigenvalue weighted by atomic mass is 9.85. The summed E-state index contributed by atoms with van der Waals surface area (Å²) in [5.74, 6) is 2.75. The summed E-state index contributed by atoms with van der Waals surface area (Å²) in [5.41, 5.74) is -0.995. The molecule has 0 amide bonds. The highest BCUT2D eigenvalue weighted by atomic mass is 28.4. The quantitative estimate of drug-likeness (QED) is 0.430. The monoisotopic (exact) mass is 298 g/mol. The summed E-state index contributed by atoms with van der Waals surface area (Å²) < 4.78 is 6.32. The largest absolute Gasteiger partial charge is 0.414 e. The second-order valence-electron chi connectivity index (χ2n) is 7.42. The van der Waals surface area contributed by atoms with E-state index in [2.05, 4.69) is 46.7 Å². The van der Waals surface area contributed by atoms with Crippen LogP contribution >= 0.6 is 0 Å². The molecule has 1 aliphatic heterocycles. The van der Waals surface area contributed by atoms with Crippen molar-refractivity contribution in [2.24, 2.45) is 0 Å². The van der Waals surface area contributed by atoms with E-state index < -0.39 is 19.5 Å². The van der Waals surface area contributed by atoms with Gasteiger partial charge in [-0.15, -0.1) is 6.42 Å². The highest BCUT2D eigenvalue weighted by molar-refractivity contribution is 6.74. The van der Waals surface area contributed by atoms with Crippen LogP contribution in [0, 0.1) is 12.3 Å². The zero-order chi connectivity index (χ0) is 15.7. The minimum absolute atomic E-state index is 0.190. The topological polar surface area (TPSA) is 27.7 Å². The van der Waals surface area contributed by atoms with Gasteiger partial charge in [-0.2, -0.15) is 0 Å². The molecule has 1 fully saturated rings. The highest BCUT2D eigenvalue weighted by Crippen LogP contribution is 2.43. The third-order valence-corrected chi connectivity index (χ3v) is 9.44. The second kappa shape index (κ2) is 5.80. The first kappa shape index (κ1) is 17.7. The Morgan fingerprint density at radius 3 is 2.15 bits per heavy atom. The number of terminal acetylenes is 1. The van der Waals surface area contributed by atoms with Gasteiger partial charge in [0.2, 0.25) is 0 Å². The zero-order valence-corrected chi connectivity index (χ0v) is 15.1. The van der Waals surface area contributed by atoms with Crippen LogP contribution in [0.2, 0.25) is 18.1 Å². The third kappa shape index (κ3) is 3.45. The average molecular weight is 298 g/mol. The van der Waals surface area contributed by atoms with Crippen molar-refractivity contribution in [1.82, 2.24) is 0 Å². The van der Waals surface area contributed by atoms with E-state index in [0.29, 0.717) is 13.0 Å². The van der Waals surface area contributed by atoms with Crippen LogP contribution in [0.25, 0.3) is 0 Å². The van der Waals surface area contributed by atoms with Crippen molar-refractivity contribution in [3.63, 3.8) is 0 Å². The van der Waals surface area contributed by atoms with E-state index in [-0.39, 0.29) is 5.04 Å². The fraction of sp³-hybridized carbons (Fsp3) is 0.875. The van der Waals surface area contributed by atoms with Gasteiger partial charge in [-0.25, -0.2) is 9.78 Å². The number of hydrogen-bond acceptors (Lipinski definition) is 3. The normalized spacial score (nSPS) is 31.3. The molecule has 0 N–H and O–H groups in total. The zero-order valence-electron chi connectivity index (χ0n) is 14.1. The molecule has 3 nitrogen and oxygen atoms in total. The van der Waals surface area contributed by atoms with E-state index in [1.807, 2.05) is 6.92 Å². The van der Waals surface area contributed by atoms with Gasteiger partial charge in [-0.3, -0.25) is 0 Å². The molecule has 1 saturated heterocycles. The molecule has 116 valence electrons. The van der Waals surface area contributed by atoms with E-state index in [9.17, 15) is 0 Å². The molecule has 1 heterocycles. The smallest absolute Gasteiger partial charge is 0.192 e. The Hall–Kier alpha value is -0.343. The Morgan fingerprint density at radius 1 is 1.20 bits per heavy atom. The first-order chi connectivity index (χ1) is 9.05. The second-order valence-corrected chi connectivity index (χ2v) is 12.2. The Labute approximate surface area is 125 Å². The van der Waals surface area contributed by atoms with Crippen molar-refractivity contribution < 1.29 is 14.2 Å². The van der Waals surface area contributed by atoms with Crippen LogP contribution < -0.4 is 0 Å². The Morgan fingerprint density at radius 2 is 1.80 bits per heavy atom. The van der Waals surface area contributed by atoms with Crippen LogP contribution in [0.15, 0.2) is 0 Å². The van der Waals surface area contributed by atoms with Gasteiger partial charge < -0.3 is 4.43 Å². The minimum Gasteiger partial charge on any atom is -0.414 e. The van der Waals surface area contributed by atoms with Crippen LogP contribution in [0.3, 0.4) is 0 Å². The van der Waals surface area contributed by atoms with Gasteiger partial charge in [0.25, 0.3) is 0 Å². The predicted octanol–water partition coefficient (Wildman–Crippen LogP) is 4.29. The van der Waals surface area contributed by atoms with Crippen molar-refractivity contribution in [1.29, 1.82) is 0 Å². The molecule has 0 radical (unpaired) electrons. The van der Waals surface area contributed by atoms with Gasteiger partial charge in [0.15, 0.2) is 13.9 Å². The molecule has 0 aromatic rings. The van der Waals surface area contributed by atoms with Crippen LogP contribution in [-0.4, -0.2) is 26.1 Å². The molecule has 0 bridgehead atoms. The van der Waals surface area contributed by atoms with Crippen molar-refractivity contribution in [2.45, 2.75) is 83.2 Å². The van der Waals surface area contributed by atoms with E-state index in [4.69, 9.17) is 20.6 Å². The third-order valence-electron chi connectivity index (χ3n) is 4.97. The molecule has 0 aromatic carbocycles. The highest BCUT2D eigenvalue weighted by Gasteiger charge is 2.51. The fourth-order valence-electron chi connectivity index (χ4n) is 2.00. The Kier molecular flexibility index (Phi) is 5.14. The molecule has 0 aromatic heterocycles. The minimum atomic E-state index is -1.79. The van der Waals surface area contributed by atoms with Gasteiger partial charge >= 0.3 is 0 Å². The van der Waals surface area contributed by atoms with Crippen LogP contribution in [0.1, 0.15) is 53.9 Å². The molecule has 4 heteroatoms. The van der Waals surface area contributed by atoms with E-state index in [0.717, 1.165) is 12.8 Å². The van der Waals surface area contributed by atoms with Gasteiger partial charge in [-0.1, -0.05) is 40.5 Å². The fourth-order valence-corrected chi connectivity index (χ4v) is 3.05. The lowest BCUT2D eigenvalue weighted by Gasteiger charge is -2.38. The van der Waals surface area contributed by atoms with Gasteiger partial charge in [0, 0.05) is 6.42 Å². The van der Waals surface area contributed by atoms with Crippen LogP contribution in [0.4, 0.5) is 0 Å². The molecule has 20 heavy (non-hydrogen) atoms. The summed E-state index contributed by atoms with van der Waals surface area (Å²) in [6.07, 6.45) is 7.92. The van der Waals surface area contributed by atoms with Gasteiger partial charge in [-0.05, 0) is 31.0 Å². The van der Waals surface area contributed by atoms with Gasteiger partial charge in [0.1, 0.15) is 5.60 Å². The molecule has 0 aliphatic carbocycles. The summed E-state index contributed by atoms with van der Waals surface area (Å²) in [6.45, 7) is 15.9. The predicted molar refractivity (Wildman–Crippen MR) is 84.8 cm³/mol. The maximum Gasteiger partial charge on any atom is 0.192 e. The Balaban J connectivity index is 2.78. The first-order valence-electron chi connectivity index (χ1n) is 7.54. The molecule has 1 rings (SSSR count). The summed E-state index contributed by atoms with van der Waals surface area (Å²) in [5, 5.41) is 0.190. The van der Waals surface area contributed by atoms with E-state index in [1.165, 1.54) is 0 Å².